The Morgan fingerprint density at radius 3 is 2.45 bits per heavy atom. The van der Waals surface area contributed by atoms with E-state index in [0.29, 0.717) is 0 Å². The molecule has 0 aliphatic rings. The zero-order chi connectivity index (χ0) is 9.07. The van der Waals surface area contributed by atoms with Gasteiger partial charge in [-0.15, -0.1) is 0 Å². The van der Waals surface area contributed by atoms with Gasteiger partial charge in [-0.3, -0.25) is 9.36 Å². The summed E-state index contributed by atoms with van der Waals surface area (Å²) in [4.78, 5) is 18.8. The smallest absolute Gasteiger partial charge is 0.303 e. The Kier molecular flexibility index (Phi) is 3.72. The summed E-state index contributed by atoms with van der Waals surface area (Å²) in [7, 11) is -3.30. The minimum atomic E-state index is -3.30. The van der Waals surface area contributed by atoms with Crippen molar-refractivity contribution in [3.63, 3.8) is 0 Å². The molecule has 2 unspecified atom stereocenters. The number of carboxylic acids is 1. The first-order valence-electron chi connectivity index (χ1n) is 3.11. The zero-order valence-electron chi connectivity index (χ0n) is 6.23. The maximum atomic E-state index is 10.8. The van der Waals surface area contributed by atoms with Crippen LogP contribution in [0.4, 0.5) is 0 Å². The van der Waals surface area contributed by atoms with Gasteiger partial charge in [0, 0.05) is 13.1 Å². The maximum Gasteiger partial charge on any atom is 0.303 e. The Bertz CT molecular complexity index is 187. The molecule has 4 N–H and O–H groups in total. The van der Waals surface area contributed by atoms with Gasteiger partial charge in [0.1, 0.15) is 0 Å². The molecule has 0 heterocycles. The minimum absolute atomic E-state index is 0.0413. The van der Waals surface area contributed by atoms with E-state index in [1.807, 2.05) is 0 Å². The fourth-order valence-corrected chi connectivity index (χ4v) is 1.12. The van der Waals surface area contributed by atoms with E-state index in [0.717, 1.165) is 6.66 Å². The van der Waals surface area contributed by atoms with Gasteiger partial charge >= 0.3 is 5.97 Å². The average molecular weight is 181 g/mol. The Hall–Kier alpha value is -0.380. The second-order valence-electron chi connectivity index (χ2n) is 2.44. The van der Waals surface area contributed by atoms with Crippen LogP contribution in [0.1, 0.15) is 12.8 Å². The topological polar surface area (TPSA) is 101 Å². The number of nitrogens with two attached hydrogens (primary N) is 1. The number of rotatable bonds is 4. The van der Waals surface area contributed by atoms with Crippen LogP contribution in [0.15, 0.2) is 0 Å². The highest BCUT2D eigenvalue weighted by Crippen LogP contribution is 2.40. The Morgan fingerprint density at radius 1 is 1.73 bits per heavy atom. The number of hydrogen-bond acceptors (Lipinski definition) is 3. The van der Waals surface area contributed by atoms with Crippen molar-refractivity contribution in [3.05, 3.63) is 0 Å². The summed E-state index contributed by atoms with van der Waals surface area (Å²) in [5.74, 6) is -1.92. The first-order chi connectivity index (χ1) is 4.84. The molecular weight excluding hydrogens is 169 g/mol. The van der Waals surface area contributed by atoms with Crippen LogP contribution in [0, 0.1) is 0 Å². The molecule has 6 heteroatoms. The van der Waals surface area contributed by atoms with Gasteiger partial charge in [-0.1, -0.05) is 0 Å². The lowest BCUT2D eigenvalue weighted by Gasteiger charge is -2.12. The summed E-state index contributed by atoms with van der Waals surface area (Å²) in [6.45, 7) is 1.12. The first-order valence-corrected chi connectivity index (χ1v) is 5.29. The van der Waals surface area contributed by atoms with Crippen molar-refractivity contribution in [2.45, 2.75) is 18.6 Å². The van der Waals surface area contributed by atoms with Gasteiger partial charge in [0.15, 0.2) is 0 Å². The highest BCUT2D eigenvalue weighted by molar-refractivity contribution is 7.57. The Labute approximate surface area is 64.7 Å². The van der Waals surface area contributed by atoms with Crippen LogP contribution in [0.5, 0.6) is 0 Å². The van der Waals surface area contributed by atoms with Gasteiger partial charge in [0.05, 0.1) is 5.78 Å². The largest absolute Gasteiger partial charge is 0.481 e. The molecule has 2 atom stereocenters. The highest BCUT2D eigenvalue weighted by atomic mass is 31.2. The molecule has 0 rings (SSSR count). The van der Waals surface area contributed by atoms with Crippen LogP contribution in [-0.4, -0.2) is 28.4 Å². The fraction of sp³-hybridized carbons (Fsp3) is 0.800. The molecule has 5 nitrogen and oxygen atoms in total. The number of carboxylic acid groups (broad SMARTS) is 1. The molecule has 0 saturated carbocycles. The molecule has 0 amide bonds. The van der Waals surface area contributed by atoms with Crippen molar-refractivity contribution in [2.24, 2.45) is 5.73 Å². The molecule has 0 spiro atoms. The quantitative estimate of drug-likeness (QED) is 0.531. The third-order valence-corrected chi connectivity index (χ3v) is 2.76. The van der Waals surface area contributed by atoms with E-state index in [9.17, 15) is 9.36 Å². The van der Waals surface area contributed by atoms with Crippen LogP contribution in [0.2, 0.25) is 0 Å². The summed E-state index contributed by atoms with van der Waals surface area (Å²) < 4.78 is 10.8. The van der Waals surface area contributed by atoms with Crippen LogP contribution < -0.4 is 5.73 Å². The molecule has 0 saturated heterocycles. The second-order valence-corrected chi connectivity index (χ2v) is 4.99. The molecular formula is C5H12NO4P. The molecule has 0 bridgehead atoms. The molecule has 11 heavy (non-hydrogen) atoms. The molecule has 0 aromatic heterocycles. The first kappa shape index (κ1) is 10.6. The lowest BCUT2D eigenvalue weighted by Crippen LogP contribution is -2.20. The standard InChI is InChI=1S/C5H12NO4P/c1-11(9,10)4(6)2-3-5(7)8/h4H,2-3,6H2,1H3,(H,7,8)(H,9,10). The van der Waals surface area contributed by atoms with Gasteiger partial charge in [-0.25, -0.2) is 0 Å². The normalized spacial score (nSPS) is 18.8. The van der Waals surface area contributed by atoms with Crippen LogP contribution in [0.3, 0.4) is 0 Å². The minimum Gasteiger partial charge on any atom is -0.481 e. The summed E-state index contributed by atoms with van der Waals surface area (Å²) >= 11 is 0. The molecule has 0 radical (unpaired) electrons. The monoisotopic (exact) mass is 181 g/mol. The summed E-state index contributed by atoms with van der Waals surface area (Å²) in [5.41, 5.74) is 5.22. The van der Waals surface area contributed by atoms with Crippen molar-refractivity contribution in [2.75, 3.05) is 6.66 Å². The van der Waals surface area contributed by atoms with Crippen LogP contribution >= 0.6 is 7.37 Å². The third-order valence-electron chi connectivity index (χ3n) is 1.27. The average Bonchev–Trinajstić information content (AvgIpc) is 1.80. The van der Waals surface area contributed by atoms with Crippen molar-refractivity contribution >= 4 is 13.3 Å². The van der Waals surface area contributed by atoms with E-state index in [1.54, 1.807) is 0 Å². The van der Waals surface area contributed by atoms with Crippen LogP contribution in [0.25, 0.3) is 0 Å². The van der Waals surface area contributed by atoms with Crippen molar-refractivity contribution in [1.29, 1.82) is 0 Å². The van der Waals surface area contributed by atoms with E-state index in [-0.39, 0.29) is 12.8 Å². The summed E-state index contributed by atoms with van der Waals surface area (Å²) in [6, 6.07) is 0. The van der Waals surface area contributed by atoms with E-state index in [2.05, 4.69) is 0 Å². The lowest BCUT2D eigenvalue weighted by atomic mass is 10.3. The SMILES string of the molecule is CP(=O)(O)C(N)CCC(=O)O. The molecule has 0 aromatic carbocycles. The zero-order valence-corrected chi connectivity index (χ0v) is 7.12. The van der Waals surface area contributed by atoms with E-state index in [4.69, 9.17) is 15.7 Å². The van der Waals surface area contributed by atoms with Crippen LogP contribution in [-0.2, 0) is 9.36 Å². The molecule has 0 aromatic rings. The van der Waals surface area contributed by atoms with Gasteiger partial charge in [-0.05, 0) is 6.42 Å². The number of aliphatic carboxylic acids is 1. The summed E-state index contributed by atoms with van der Waals surface area (Å²) in [5, 5.41) is 8.20. The maximum absolute atomic E-state index is 10.8. The lowest BCUT2D eigenvalue weighted by molar-refractivity contribution is -0.137. The van der Waals surface area contributed by atoms with Crippen molar-refractivity contribution < 1.29 is 19.4 Å². The summed E-state index contributed by atoms with van der Waals surface area (Å²) in [6.07, 6.45) is -0.126. The third kappa shape index (κ3) is 4.95. The fourth-order valence-electron chi connectivity index (χ4n) is 0.511. The molecule has 0 fully saturated rings. The van der Waals surface area contributed by atoms with Gasteiger partial charge in [0.25, 0.3) is 0 Å². The molecule has 0 aliphatic carbocycles. The van der Waals surface area contributed by atoms with E-state index >= 15 is 0 Å². The molecule has 0 aliphatic heterocycles. The van der Waals surface area contributed by atoms with Gasteiger partial charge in [-0.2, -0.15) is 0 Å². The van der Waals surface area contributed by atoms with Crippen molar-refractivity contribution in [3.8, 4) is 0 Å². The molecule has 66 valence electrons. The van der Waals surface area contributed by atoms with Gasteiger partial charge < -0.3 is 15.7 Å². The second kappa shape index (κ2) is 3.85. The Balaban J connectivity index is 3.80. The predicted molar refractivity (Wildman–Crippen MR) is 40.6 cm³/mol. The highest BCUT2D eigenvalue weighted by Gasteiger charge is 2.21. The van der Waals surface area contributed by atoms with Gasteiger partial charge in [0.2, 0.25) is 7.37 Å². The predicted octanol–water partition coefficient (Wildman–Crippen LogP) is 0.0362. The Morgan fingerprint density at radius 2 is 2.18 bits per heavy atom. The van der Waals surface area contributed by atoms with E-state index in [1.165, 1.54) is 0 Å². The van der Waals surface area contributed by atoms with E-state index < -0.39 is 19.1 Å². The van der Waals surface area contributed by atoms with Crippen molar-refractivity contribution in [1.82, 2.24) is 0 Å². The number of carbonyl (C=O) groups is 1. The number of hydrogen-bond donors (Lipinski definition) is 3.